The molecule has 5 amide bonds. The fourth-order valence-electron chi connectivity index (χ4n) is 7.86. The largest absolute Gasteiger partial charge is 0.368 e. The van der Waals surface area contributed by atoms with Crippen molar-refractivity contribution in [1.82, 2.24) is 25.9 Å². The number of aromatic nitrogens is 2. The molecule has 0 spiro atoms. The van der Waals surface area contributed by atoms with Crippen molar-refractivity contribution >= 4 is 35.2 Å². The van der Waals surface area contributed by atoms with Gasteiger partial charge < -0.3 is 32.7 Å². The van der Waals surface area contributed by atoms with E-state index in [4.69, 9.17) is 21.4 Å². The highest BCUT2D eigenvalue weighted by atomic mass is 16.2. The zero-order chi connectivity index (χ0) is 40.3. The number of carbonyl (C=O) groups is 5. The predicted molar refractivity (Wildman–Crippen MR) is 215 cm³/mol. The first-order chi connectivity index (χ1) is 26.6. The van der Waals surface area contributed by atoms with E-state index in [1.165, 1.54) is 11.1 Å². The van der Waals surface area contributed by atoms with Crippen LogP contribution in [-0.4, -0.2) is 64.7 Å². The molecule has 13 nitrogen and oxygen atoms in total. The second-order valence-electron chi connectivity index (χ2n) is 15.5. The summed E-state index contributed by atoms with van der Waals surface area (Å²) in [4.78, 5) is 75.1. The van der Waals surface area contributed by atoms with E-state index < -0.39 is 35.7 Å². The molecule has 1 aromatic heterocycles. The molecule has 4 bridgehead atoms. The van der Waals surface area contributed by atoms with Crippen molar-refractivity contribution in [1.29, 1.82) is 0 Å². The van der Waals surface area contributed by atoms with Gasteiger partial charge in [0.05, 0.1) is 35.6 Å². The molecular formula is C43H50N8O5. The Bertz CT molecular complexity index is 2210. The molecular weight excluding hydrogens is 709 g/mol. The normalized spacial score (nSPS) is 17.0. The first-order valence-corrected chi connectivity index (χ1v) is 19.0. The summed E-state index contributed by atoms with van der Waals surface area (Å²) in [6, 6.07) is 15.2. The van der Waals surface area contributed by atoms with E-state index >= 15 is 0 Å². The van der Waals surface area contributed by atoms with E-state index in [0.717, 1.165) is 24.8 Å². The number of hydrogen-bond donors (Lipinski definition) is 6. The quantitative estimate of drug-likeness (QED) is 0.156. The molecule has 1 aliphatic heterocycles. The van der Waals surface area contributed by atoms with Crippen molar-refractivity contribution in [2.45, 2.75) is 90.6 Å². The molecule has 1 unspecified atom stereocenters. The topological polar surface area (TPSA) is 211 Å². The number of aryl methyl sites for hydroxylation is 4. The Morgan fingerprint density at radius 1 is 0.946 bits per heavy atom. The second-order valence-corrected chi connectivity index (χ2v) is 15.5. The van der Waals surface area contributed by atoms with Crippen LogP contribution >= 0.6 is 0 Å². The molecule has 1 aliphatic carbocycles. The number of primary amides is 1. The van der Waals surface area contributed by atoms with Gasteiger partial charge in [-0.2, -0.15) is 0 Å². The van der Waals surface area contributed by atoms with E-state index in [1.807, 2.05) is 37.3 Å². The van der Waals surface area contributed by atoms with Crippen LogP contribution in [0.2, 0.25) is 0 Å². The van der Waals surface area contributed by atoms with Crippen LogP contribution in [0.15, 0.2) is 54.6 Å². The van der Waals surface area contributed by atoms with Gasteiger partial charge in [-0.1, -0.05) is 56.3 Å². The fraction of sp³-hybridized carbons (Fsp3) is 0.372. The maximum absolute atomic E-state index is 14.1. The van der Waals surface area contributed by atoms with E-state index in [1.54, 1.807) is 26.0 Å². The lowest BCUT2D eigenvalue weighted by Gasteiger charge is -2.32. The third-order valence-electron chi connectivity index (χ3n) is 10.7. The van der Waals surface area contributed by atoms with Crippen molar-refractivity contribution in [2.24, 2.45) is 11.5 Å². The number of nitrogens with one attached hydrogen (secondary N) is 4. The van der Waals surface area contributed by atoms with Crippen LogP contribution in [0.3, 0.4) is 0 Å². The van der Waals surface area contributed by atoms with Crippen LogP contribution in [0.1, 0.15) is 82.7 Å². The van der Waals surface area contributed by atoms with E-state index in [2.05, 4.69) is 47.2 Å². The molecule has 292 valence electrons. The summed E-state index contributed by atoms with van der Waals surface area (Å²) in [5.41, 5.74) is 20.4. The fourth-order valence-corrected chi connectivity index (χ4v) is 7.86. The average molecular weight is 759 g/mol. The molecule has 0 saturated heterocycles. The van der Waals surface area contributed by atoms with E-state index in [9.17, 15) is 24.0 Å². The number of nitrogens with two attached hydrogens (primary N) is 2. The zero-order valence-electron chi connectivity index (χ0n) is 32.6. The smallest absolute Gasteiger partial charge is 0.255 e. The summed E-state index contributed by atoms with van der Waals surface area (Å²) >= 11 is 0. The van der Waals surface area contributed by atoms with Gasteiger partial charge in [-0.05, 0) is 104 Å². The Labute approximate surface area is 326 Å². The standard InChI is InChI=1S/C43H50N8O5/c1-23-16-27-18-31(28-9-6-8-26(17-28)20-35(52)46-22-36(53)49-34(19-27)39(45)54)38(23)51-41(55)33(13-15-44)50-42(56)37-24(2)47-40(48-25(37)3)30-11-12-32-29(21-30)10-7-14-43(32,4)5/h6,8-9,11-12,16-18,21,33-34H,7,10,13-15,19-20,22,44H2,1-5H3,(H2,45,54)(H,46,52)(H,49,53)(H,50,56)(H,51,55)/t33-,34?/m0/s1. The van der Waals surface area contributed by atoms with Crippen LogP contribution < -0.4 is 32.7 Å². The molecule has 8 N–H and O–H groups in total. The zero-order valence-corrected chi connectivity index (χ0v) is 32.6. The number of rotatable bonds is 8. The Kier molecular flexibility index (Phi) is 11.7. The second kappa shape index (κ2) is 16.4. The SMILES string of the molecule is Cc1cc2cc(c1NC(=O)[C@H](CCN)NC(=O)c1c(C)nc(-c3ccc4c(c3)CCCC4(C)C)nc1C)-c1cccc(c1)CC(=O)NCC(=O)NC(C(N)=O)C2. The molecule has 3 aromatic carbocycles. The number of carbonyl (C=O) groups excluding carboxylic acids is 5. The molecule has 2 atom stereocenters. The van der Waals surface area contributed by atoms with Crippen molar-refractivity contribution in [3.05, 3.63) is 99.4 Å². The summed E-state index contributed by atoms with van der Waals surface area (Å²) < 4.78 is 0. The van der Waals surface area contributed by atoms with Crippen molar-refractivity contribution < 1.29 is 24.0 Å². The number of fused-ring (bicyclic) bond motifs is 6. The summed E-state index contributed by atoms with van der Waals surface area (Å²) in [5.74, 6) is -2.10. The molecule has 0 radical (unpaired) electrons. The first-order valence-electron chi connectivity index (χ1n) is 19.0. The van der Waals surface area contributed by atoms with Crippen LogP contribution in [-0.2, 0) is 43.9 Å². The van der Waals surface area contributed by atoms with Crippen molar-refractivity contribution in [3.63, 3.8) is 0 Å². The van der Waals surface area contributed by atoms with Crippen LogP contribution in [0.25, 0.3) is 22.5 Å². The first kappa shape index (κ1) is 39.7. The van der Waals surface area contributed by atoms with Gasteiger partial charge in [0.15, 0.2) is 5.82 Å². The molecule has 56 heavy (non-hydrogen) atoms. The Hall–Kier alpha value is -5.95. The summed E-state index contributed by atoms with van der Waals surface area (Å²) in [7, 11) is 0. The van der Waals surface area contributed by atoms with Crippen LogP contribution in [0.5, 0.6) is 0 Å². The predicted octanol–water partition coefficient (Wildman–Crippen LogP) is 3.62. The minimum absolute atomic E-state index is 0.000523. The number of benzene rings is 3. The van der Waals surface area contributed by atoms with Crippen molar-refractivity contribution in [3.8, 4) is 22.5 Å². The number of nitrogens with zero attached hydrogens (tertiary/aromatic N) is 2. The van der Waals surface area contributed by atoms with E-state index in [0.29, 0.717) is 50.7 Å². The van der Waals surface area contributed by atoms with Gasteiger partial charge in [0.1, 0.15) is 12.1 Å². The molecule has 0 saturated carbocycles. The highest BCUT2D eigenvalue weighted by Gasteiger charge is 2.29. The van der Waals surface area contributed by atoms with Crippen LogP contribution in [0.4, 0.5) is 5.69 Å². The minimum atomic E-state index is -1.04. The number of amides is 5. The highest BCUT2D eigenvalue weighted by molar-refractivity contribution is 6.04. The van der Waals surface area contributed by atoms with Gasteiger partial charge in [-0.15, -0.1) is 0 Å². The van der Waals surface area contributed by atoms with Gasteiger partial charge in [0, 0.05) is 17.5 Å². The third-order valence-corrected chi connectivity index (χ3v) is 10.7. The lowest BCUT2D eigenvalue weighted by atomic mass is 9.72. The summed E-state index contributed by atoms with van der Waals surface area (Å²) in [5, 5.41) is 11.1. The minimum Gasteiger partial charge on any atom is -0.368 e. The maximum Gasteiger partial charge on any atom is 0.255 e. The van der Waals surface area contributed by atoms with Gasteiger partial charge in [-0.3, -0.25) is 24.0 Å². The van der Waals surface area contributed by atoms with Gasteiger partial charge in [-0.25, -0.2) is 9.97 Å². The lowest BCUT2D eigenvalue weighted by molar-refractivity contribution is -0.128. The lowest BCUT2D eigenvalue weighted by Crippen LogP contribution is -2.49. The summed E-state index contributed by atoms with van der Waals surface area (Å²) in [6.07, 6.45) is 3.49. The highest BCUT2D eigenvalue weighted by Crippen LogP contribution is 2.38. The van der Waals surface area contributed by atoms with Gasteiger partial charge >= 0.3 is 0 Å². The molecule has 4 aromatic rings. The molecule has 6 rings (SSSR count). The van der Waals surface area contributed by atoms with Gasteiger partial charge in [0.25, 0.3) is 5.91 Å². The van der Waals surface area contributed by atoms with Gasteiger partial charge in [0.2, 0.25) is 23.6 Å². The van der Waals surface area contributed by atoms with Crippen LogP contribution in [0, 0.1) is 20.8 Å². The van der Waals surface area contributed by atoms with Crippen molar-refractivity contribution in [2.75, 3.05) is 18.4 Å². The Balaban J connectivity index is 1.28. The molecule has 2 heterocycles. The monoisotopic (exact) mass is 758 g/mol. The molecule has 2 aliphatic rings. The third kappa shape index (κ3) is 8.78. The number of hydrogen-bond acceptors (Lipinski definition) is 8. The Morgan fingerprint density at radius 2 is 1.70 bits per heavy atom. The number of anilines is 1. The van der Waals surface area contributed by atoms with E-state index in [-0.39, 0.29) is 49.2 Å². The Morgan fingerprint density at radius 3 is 2.41 bits per heavy atom. The average Bonchev–Trinajstić information content (AvgIpc) is 3.13. The molecule has 13 heteroatoms. The summed E-state index contributed by atoms with van der Waals surface area (Å²) in [6.45, 7) is 9.70. The maximum atomic E-state index is 14.1. The molecule has 0 fully saturated rings.